The lowest BCUT2D eigenvalue weighted by atomic mass is 10.1. The minimum atomic E-state index is 0.505. The van der Waals surface area contributed by atoms with Crippen molar-refractivity contribution in [2.75, 3.05) is 0 Å². The van der Waals surface area contributed by atoms with E-state index in [1.807, 2.05) is 13.0 Å². The molecular formula is C9H14N2. The van der Waals surface area contributed by atoms with E-state index in [9.17, 15) is 0 Å². The molecule has 11 heavy (non-hydrogen) atoms. The minimum absolute atomic E-state index is 0.505. The molecule has 0 aromatic heterocycles. The average Bonchev–Trinajstić information content (AvgIpc) is 1.87. The SMILES string of the molecule is C/C=C(\C=C/C(C)=N)C(C)=N. The predicted octanol–water partition coefficient (Wildman–Crippen LogP) is 2.57. The first kappa shape index (κ1) is 9.82. The molecule has 2 nitrogen and oxygen atoms in total. The normalized spacial score (nSPS) is 12.1. The van der Waals surface area contributed by atoms with Crippen LogP contribution in [0.15, 0.2) is 23.8 Å². The molecule has 2 N–H and O–H groups in total. The van der Waals surface area contributed by atoms with Crippen LogP contribution in [0.2, 0.25) is 0 Å². The molecule has 0 aliphatic heterocycles. The molecule has 0 amide bonds. The molecule has 0 aliphatic rings. The molecule has 0 aromatic carbocycles. The zero-order valence-electron chi connectivity index (χ0n) is 7.23. The summed E-state index contributed by atoms with van der Waals surface area (Å²) in [6, 6.07) is 0. The van der Waals surface area contributed by atoms with E-state index in [1.54, 1.807) is 26.0 Å². The molecule has 0 fully saturated rings. The van der Waals surface area contributed by atoms with E-state index in [2.05, 4.69) is 0 Å². The van der Waals surface area contributed by atoms with Gasteiger partial charge in [0.1, 0.15) is 0 Å². The minimum Gasteiger partial charge on any atom is -0.306 e. The van der Waals surface area contributed by atoms with Gasteiger partial charge in [-0.05, 0) is 32.4 Å². The molecule has 0 heterocycles. The van der Waals surface area contributed by atoms with Crippen LogP contribution in [0.25, 0.3) is 0 Å². The lowest BCUT2D eigenvalue weighted by Gasteiger charge is -1.95. The standard InChI is InChI=1S/C9H14N2/c1-4-9(8(3)11)6-5-7(2)10/h4-6,10-11H,1-3H3/b6-5-,9-4+,10-7?,11-8?. The summed E-state index contributed by atoms with van der Waals surface area (Å²) >= 11 is 0. The fraction of sp³-hybridized carbons (Fsp3) is 0.333. The molecular weight excluding hydrogens is 136 g/mol. The molecule has 0 rings (SSSR count). The van der Waals surface area contributed by atoms with Crippen molar-refractivity contribution >= 4 is 11.4 Å². The number of allylic oxidation sites excluding steroid dienone is 4. The maximum Gasteiger partial charge on any atom is 0.0351 e. The highest BCUT2D eigenvalue weighted by Gasteiger charge is 1.91. The smallest absolute Gasteiger partial charge is 0.0351 e. The van der Waals surface area contributed by atoms with E-state index >= 15 is 0 Å². The number of hydrogen-bond donors (Lipinski definition) is 2. The lowest BCUT2D eigenvalue weighted by Crippen LogP contribution is -1.91. The second-order valence-electron chi connectivity index (χ2n) is 2.39. The van der Waals surface area contributed by atoms with E-state index in [1.165, 1.54) is 0 Å². The van der Waals surface area contributed by atoms with Crippen LogP contribution in [0.1, 0.15) is 20.8 Å². The summed E-state index contributed by atoms with van der Waals surface area (Å²) in [4.78, 5) is 0. The zero-order valence-corrected chi connectivity index (χ0v) is 7.23. The lowest BCUT2D eigenvalue weighted by molar-refractivity contribution is 1.45. The Balaban J connectivity index is 4.34. The number of nitrogens with one attached hydrogen (secondary N) is 2. The maximum absolute atomic E-state index is 7.31. The third-order valence-corrected chi connectivity index (χ3v) is 1.26. The Labute approximate surface area is 67.7 Å². The molecule has 2 heteroatoms. The Kier molecular flexibility index (Phi) is 4.11. The molecule has 60 valence electrons. The van der Waals surface area contributed by atoms with E-state index in [0.29, 0.717) is 11.4 Å². The molecule has 0 saturated heterocycles. The first-order chi connectivity index (χ1) is 5.07. The van der Waals surface area contributed by atoms with Gasteiger partial charge in [-0.1, -0.05) is 12.2 Å². The summed E-state index contributed by atoms with van der Waals surface area (Å²) in [5, 5.41) is 14.4. The summed E-state index contributed by atoms with van der Waals surface area (Å²) < 4.78 is 0. The molecule has 0 aliphatic carbocycles. The van der Waals surface area contributed by atoms with Gasteiger partial charge in [0.15, 0.2) is 0 Å². The quantitative estimate of drug-likeness (QED) is 0.459. The highest BCUT2D eigenvalue weighted by atomic mass is 14.4. The van der Waals surface area contributed by atoms with Gasteiger partial charge in [0.25, 0.3) is 0 Å². The highest BCUT2D eigenvalue weighted by molar-refractivity contribution is 6.00. The van der Waals surface area contributed by atoms with Crippen LogP contribution >= 0.6 is 0 Å². The first-order valence-corrected chi connectivity index (χ1v) is 3.53. The van der Waals surface area contributed by atoms with Gasteiger partial charge in [-0.15, -0.1) is 0 Å². The van der Waals surface area contributed by atoms with Crippen molar-refractivity contribution in [2.24, 2.45) is 0 Å². The zero-order chi connectivity index (χ0) is 8.85. The fourth-order valence-corrected chi connectivity index (χ4v) is 0.653. The fourth-order valence-electron chi connectivity index (χ4n) is 0.653. The van der Waals surface area contributed by atoms with Gasteiger partial charge in [0.2, 0.25) is 0 Å². The van der Waals surface area contributed by atoms with Gasteiger partial charge in [-0.3, -0.25) is 0 Å². The van der Waals surface area contributed by atoms with E-state index < -0.39 is 0 Å². The number of hydrogen-bond acceptors (Lipinski definition) is 2. The molecule has 0 saturated carbocycles. The van der Waals surface area contributed by atoms with Crippen LogP contribution in [0.5, 0.6) is 0 Å². The average molecular weight is 150 g/mol. The topological polar surface area (TPSA) is 47.7 Å². The number of rotatable bonds is 3. The van der Waals surface area contributed by atoms with Crippen molar-refractivity contribution in [3.63, 3.8) is 0 Å². The van der Waals surface area contributed by atoms with Gasteiger partial charge in [-0.25, -0.2) is 0 Å². The Hall–Kier alpha value is -1.18. The van der Waals surface area contributed by atoms with Crippen molar-refractivity contribution in [1.82, 2.24) is 0 Å². The monoisotopic (exact) mass is 150 g/mol. The second-order valence-corrected chi connectivity index (χ2v) is 2.39. The summed E-state index contributed by atoms with van der Waals surface area (Å²) in [5.41, 5.74) is 1.91. The van der Waals surface area contributed by atoms with Gasteiger partial charge in [0.05, 0.1) is 0 Å². The van der Waals surface area contributed by atoms with E-state index in [-0.39, 0.29) is 0 Å². The van der Waals surface area contributed by atoms with E-state index in [4.69, 9.17) is 10.8 Å². The first-order valence-electron chi connectivity index (χ1n) is 3.53. The highest BCUT2D eigenvalue weighted by Crippen LogP contribution is 1.98. The molecule has 0 aromatic rings. The molecule has 0 unspecified atom stereocenters. The Morgan fingerprint density at radius 3 is 1.91 bits per heavy atom. The third kappa shape index (κ3) is 4.25. The third-order valence-electron chi connectivity index (χ3n) is 1.26. The molecule has 0 spiro atoms. The molecule has 0 bridgehead atoms. The van der Waals surface area contributed by atoms with Crippen LogP contribution < -0.4 is 0 Å². The summed E-state index contributed by atoms with van der Waals surface area (Å²) in [5.74, 6) is 0. The van der Waals surface area contributed by atoms with Crippen molar-refractivity contribution < 1.29 is 0 Å². The van der Waals surface area contributed by atoms with Gasteiger partial charge < -0.3 is 10.8 Å². The van der Waals surface area contributed by atoms with Crippen LogP contribution in [0, 0.1) is 10.8 Å². The van der Waals surface area contributed by atoms with Gasteiger partial charge in [0, 0.05) is 11.4 Å². The largest absolute Gasteiger partial charge is 0.306 e. The van der Waals surface area contributed by atoms with Gasteiger partial charge in [-0.2, -0.15) is 0 Å². The van der Waals surface area contributed by atoms with Gasteiger partial charge >= 0.3 is 0 Å². The van der Waals surface area contributed by atoms with Crippen molar-refractivity contribution in [3.8, 4) is 0 Å². The molecule has 0 atom stereocenters. The Bertz CT molecular complexity index is 222. The maximum atomic E-state index is 7.31. The predicted molar refractivity (Wildman–Crippen MR) is 49.7 cm³/mol. The van der Waals surface area contributed by atoms with E-state index in [0.717, 1.165) is 5.57 Å². The van der Waals surface area contributed by atoms with Crippen molar-refractivity contribution in [2.45, 2.75) is 20.8 Å². The Morgan fingerprint density at radius 1 is 1.09 bits per heavy atom. The second kappa shape index (κ2) is 4.61. The van der Waals surface area contributed by atoms with Crippen LogP contribution in [0.3, 0.4) is 0 Å². The van der Waals surface area contributed by atoms with Crippen LogP contribution in [-0.4, -0.2) is 11.4 Å². The Morgan fingerprint density at radius 2 is 1.64 bits per heavy atom. The summed E-state index contributed by atoms with van der Waals surface area (Å²) in [6.07, 6.45) is 5.33. The summed E-state index contributed by atoms with van der Waals surface area (Å²) in [6.45, 7) is 5.33. The molecule has 0 radical (unpaired) electrons. The van der Waals surface area contributed by atoms with Crippen LogP contribution in [0.4, 0.5) is 0 Å². The van der Waals surface area contributed by atoms with Crippen LogP contribution in [-0.2, 0) is 0 Å². The van der Waals surface area contributed by atoms with Crippen molar-refractivity contribution in [3.05, 3.63) is 23.8 Å². The van der Waals surface area contributed by atoms with Crippen molar-refractivity contribution in [1.29, 1.82) is 10.8 Å². The summed E-state index contributed by atoms with van der Waals surface area (Å²) in [7, 11) is 0.